The van der Waals surface area contributed by atoms with E-state index in [9.17, 15) is 13.2 Å². The number of sulfonamides is 1. The van der Waals surface area contributed by atoms with Crippen LogP contribution in [-0.2, 0) is 16.6 Å². The maximum absolute atomic E-state index is 12.4. The first-order chi connectivity index (χ1) is 9.20. The monoisotopic (exact) mass is 302 g/mol. The highest BCUT2D eigenvalue weighted by atomic mass is 32.2. The van der Waals surface area contributed by atoms with E-state index in [2.05, 4.69) is 0 Å². The summed E-state index contributed by atoms with van der Waals surface area (Å²) in [5.41, 5.74) is -0.0108. The van der Waals surface area contributed by atoms with E-state index in [0.717, 1.165) is 6.42 Å². The van der Waals surface area contributed by atoms with Crippen molar-refractivity contribution in [2.75, 3.05) is 13.6 Å². The van der Waals surface area contributed by atoms with Crippen molar-refractivity contribution in [3.63, 3.8) is 0 Å². The maximum Gasteiger partial charge on any atom is 0.352 e. The quantitative estimate of drug-likeness (QED) is 0.834. The van der Waals surface area contributed by atoms with Crippen LogP contribution in [0.2, 0.25) is 0 Å². The van der Waals surface area contributed by atoms with E-state index in [1.54, 1.807) is 6.92 Å². The molecule has 0 spiro atoms. The predicted octanol–water partition coefficient (Wildman–Crippen LogP) is 1.87. The molecule has 0 atom stereocenters. The molecule has 0 radical (unpaired) electrons. The molecule has 1 aromatic heterocycles. The molecule has 0 saturated carbocycles. The van der Waals surface area contributed by atoms with Gasteiger partial charge in [-0.3, -0.25) is 0 Å². The van der Waals surface area contributed by atoms with Crippen molar-refractivity contribution in [1.29, 1.82) is 0 Å². The molecule has 114 valence electrons. The molecule has 0 bridgehead atoms. The Kier molecular flexibility index (Phi) is 5.35. The molecule has 7 heteroatoms. The average molecular weight is 302 g/mol. The largest absolute Gasteiger partial charge is 0.477 e. The average Bonchev–Trinajstić information content (AvgIpc) is 2.80. The van der Waals surface area contributed by atoms with Crippen LogP contribution in [0.1, 0.15) is 37.7 Å². The van der Waals surface area contributed by atoms with E-state index in [-0.39, 0.29) is 10.6 Å². The topological polar surface area (TPSA) is 79.6 Å². The van der Waals surface area contributed by atoms with Crippen LogP contribution in [-0.4, -0.2) is 42.0 Å². The summed E-state index contributed by atoms with van der Waals surface area (Å²) in [6, 6.07) is 1.22. The Labute approximate surface area is 120 Å². The number of carboxylic acid groups (broad SMARTS) is 1. The van der Waals surface area contributed by atoms with Gasteiger partial charge in [0.2, 0.25) is 10.0 Å². The molecule has 0 aromatic carbocycles. The second-order valence-electron chi connectivity index (χ2n) is 5.16. The normalized spacial score (nSPS) is 12.3. The number of nitrogens with zero attached hydrogens (tertiary/aromatic N) is 2. The van der Waals surface area contributed by atoms with Gasteiger partial charge in [-0.05, 0) is 25.3 Å². The van der Waals surface area contributed by atoms with Crippen LogP contribution in [0.5, 0.6) is 0 Å². The van der Waals surface area contributed by atoms with Crippen molar-refractivity contribution in [1.82, 2.24) is 8.87 Å². The van der Waals surface area contributed by atoms with Crippen molar-refractivity contribution in [2.24, 2.45) is 5.92 Å². The van der Waals surface area contributed by atoms with Gasteiger partial charge in [0, 0.05) is 26.3 Å². The van der Waals surface area contributed by atoms with Gasteiger partial charge in [0.05, 0.1) is 0 Å². The SMILES string of the molecule is CCn1cc(S(=O)(=O)N(C)CCC(C)C)cc1C(=O)O. The number of hydrogen-bond acceptors (Lipinski definition) is 3. The number of hydrogen-bond donors (Lipinski definition) is 1. The Bertz CT molecular complexity index is 575. The molecule has 1 aromatic rings. The fraction of sp³-hybridized carbons (Fsp3) is 0.615. The zero-order valence-electron chi connectivity index (χ0n) is 12.3. The van der Waals surface area contributed by atoms with Crippen molar-refractivity contribution in [3.05, 3.63) is 18.0 Å². The molecule has 6 nitrogen and oxygen atoms in total. The zero-order valence-corrected chi connectivity index (χ0v) is 13.1. The van der Waals surface area contributed by atoms with Gasteiger partial charge in [-0.15, -0.1) is 0 Å². The highest BCUT2D eigenvalue weighted by Crippen LogP contribution is 2.19. The minimum Gasteiger partial charge on any atom is -0.477 e. The summed E-state index contributed by atoms with van der Waals surface area (Å²) in [6.07, 6.45) is 2.14. The van der Waals surface area contributed by atoms with Crippen LogP contribution in [0.4, 0.5) is 0 Å². The Hall–Kier alpha value is -1.34. The molecule has 0 aliphatic heterocycles. The first-order valence-electron chi connectivity index (χ1n) is 6.60. The van der Waals surface area contributed by atoms with E-state index in [1.807, 2.05) is 13.8 Å². The summed E-state index contributed by atoms with van der Waals surface area (Å²) >= 11 is 0. The molecule has 0 aliphatic carbocycles. The standard InChI is InChI=1S/C13H22N2O4S/c1-5-15-9-11(8-12(15)13(16)17)20(18,19)14(4)7-6-10(2)3/h8-10H,5-7H2,1-4H3,(H,16,17). The molecule has 0 saturated heterocycles. The third kappa shape index (κ3) is 3.61. The smallest absolute Gasteiger partial charge is 0.352 e. The third-order valence-electron chi connectivity index (χ3n) is 3.16. The molecule has 0 aliphatic rings. The highest BCUT2D eigenvalue weighted by Gasteiger charge is 2.25. The van der Waals surface area contributed by atoms with E-state index in [4.69, 9.17) is 5.11 Å². The fourth-order valence-corrected chi connectivity index (χ4v) is 3.03. The molecule has 0 fully saturated rings. The summed E-state index contributed by atoms with van der Waals surface area (Å²) in [7, 11) is -2.12. The molecule has 0 amide bonds. The van der Waals surface area contributed by atoms with Crippen LogP contribution in [0.3, 0.4) is 0 Å². The predicted molar refractivity (Wildman–Crippen MR) is 76.3 cm³/mol. The van der Waals surface area contributed by atoms with Crippen molar-refractivity contribution >= 4 is 16.0 Å². The highest BCUT2D eigenvalue weighted by molar-refractivity contribution is 7.89. The molecule has 20 heavy (non-hydrogen) atoms. The summed E-state index contributed by atoms with van der Waals surface area (Å²) < 4.78 is 27.4. The second-order valence-corrected chi connectivity index (χ2v) is 7.21. The van der Waals surface area contributed by atoms with Crippen LogP contribution in [0.15, 0.2) is 17.2 Å². The van der Waals surface area contributed by atoms with Gasteiger partial charge in [-0.25, -0.2) is 17.5 Å². The number of aromatic nitrogens is 1. The van der Waals surface area contributed by atoms with Gasteiger partial charge >= 0.3 is 5.97 Å². The minimum atomic E-state index is -3.63. The fourth-order valence-electron chi connectivity index (χ4n) is 1.81. The summed E-state index contributed by atoms with van der Waals surface area (Å²) in [5, 5.41) is 9.06. The lowest BCUT2D eigenvalue weighted by Crippen LogP contribution is -2.28. The van der Waals surface area contributed by atoms with Crippen LogP contribution in [0.25, 0.3) is 0 Å². The lowest BCUT2D eigenvalue weighted by atomic mass is 10.1. The minimum absolute atomic E-state index is 0.0108. The van der Waals surface area contributed by atoms with Crippen molar-refractivity contribution < 1.29 is 18.3 Å². The molecule has 1 N–H and O–H groups in total. The third-order valence-corrected chi connectivity index (χ3v) is 4.98. The Morgan fingerprint density at radius 3 is 2.45 bits per heavy atom. The van der Waals surface area contributed by atoms with E-state index in [0.29, 0.717) is 19.0 Å². The number of aryl methyl sites for hydroxylation is 1. The lowest BCUT2D eigenvalue weighted by molar-refractivity contribution is 0.0685. The van der Waals surface area contributed by atoms with E-state index >= 15 is 0 Å². The van der Waals surface area contributed by atoms with E-state index < -0.39 is 16.0 Å². The van der Waals surface area contributed by atoms with Gasteiger partial charge in [0.15, 0.2) is 0 Å². The van der Waals surface area contributed by atoms with Crippen molar-refractivity contribution in [2.45, 2.75) is 38.6 Å². The number of carboxylic acids is 1. The zero-order chi connectivity index (χ0) is 15.5. The molecule has 1 rings (SSSR count). The Morgan fingerprint density at radius 2 is 2.05 bits per heavy atom. The Balaban J connectivity index is 3.06. The van der Waals surface area contributed by atoms with Crippen LogP contribution in [0, 0.1) is 5.92 Å². The summed E-state index contributed by atoms with van der Waals surface area (Å²) in [5.74, 6) is -0.722. The lowest BCUT2D eigenvalue weighted by Gasteiger charge is -2.17. The number of carbonyl (C=O) groups is 1. The van der Waals surface area contributed by atoms with E-state index in [1.165, 1.54) is 28.2 Å². The summed E-state index contributed by atoms with van der Waals surface area (Å²) in [6.45, 7) is 6.64. The molecular weight excluding hydrogens is 280 g/mol. The molecular formula is C13H22N2O4S. The van der Waals surface area contributed by atoms with Gasteiger partial charge < -0.3 is 9.67 Å². The molecule has 1 heterocycles. The first-order valence-corrected chi connectivity index (χ1v) is 8.04. The molecule has 0 unspecified atom stereocenters. The van der Waals surface area contributed by atoms with Crippen LogP contribution < -0.4 is 0 Å². The number of rotatable bonds is 7. The van der Waals surface area contributed by atoms with Gasteiger partial charge in [-0.2, -0.15) is 0 Å². The number of aromatic carboxylic acids is 1. The summed E-state index contributed by atoms with van der Waals surface area (Å²) in [4.78, 5) is 11.1. The maximum atomic E-state index is 12.4. The van der Waals surface area contributed by atoms with Crippen LogP contribution >= 0.6 is 0 Å². The second kappa shape index (κ2) is 6.41. The van der Waals surface area contributed by atoms with Crippen molar-refractivity contribution in [3.8, 4) is 0 Å². The first kappa shape index (κ1) is 16.7. The van der Waals surface area contributed by atoms with Gasteiger partial charge in [0.1, 0.15) is 10.6 Å². The van der Waals surface area contributed by atoms with Gasteiger partial charge in [0.25, 0.3) is 0 Å². The van der Waals surface area contributed by atoms with Gasteiger partial charge in [-0.1, -0.05) is 13.8 Å². The Morgan fingerprint density at radius 1 is 1.45 bits per heavy atom.